The van der Waals surface area contributed by atoms with Crippen molar-refractivity contribution in [1.29, 1.82) is 0 Å². The zero-order valence-corrected chi connectivity index (χ0v) is 15.3. The lowest BCUT2D eigenvalue weighted by atomic mass is 9.64. The van der Waals surface area contributed by atoms with Crippen LogP contribution in [0, 0.1) is 0 Å². The van der Waals surface area contributed by atoms with Gasteiger partial charge in [0.2, 0.25) is 0 Å². The molecular formula is C19H22BN3O5. The lowest BCUT2D eigenvalue weighted by Crippen LogP contribution is -2.36. The van der Waals surface area contributed by atoms with Gasteiger partial charge in [-0.2, -0.15) is 0 Å². The van der Waals surface area contributed by atoms with Crippen molar-refractivity contribution in [3.05, 3.63) is 53.2 Å². The maximum Gasteiger partial charge on any atom is 0.526 e. The number of hydrogen-bond donors (Lipinski definition) is 4. The van der Waals surface area contributed by atoms with Crippen molar-refractivity contribution >= 4 is 24.7 Å². The van der Waals surface area contributed by atoms with Crippen molar-refractivity contribution in [2.24, 2.45) is 5.73 Å². The van der Waals surface area contributed by atoms with Crippen LogP contribution < -0.4 is 15.7 Å². The molecule has 3 rings (SSSR count). The van der Waals surface area contributed by atoms with Crippen LogP contribution in [0.4, 0.5) is 5.82 Å². The molecule has 8 nitrogen and oxygen atoms in total. The van der Waals surface area contributed by atoms with E-state index in [1.54, 1.807) is 24.4 Å². The van der Waals surface area contributed by atoms with Crippen molar-refractivity contribution in [3.8, 4) is 5.75 Å². The van der Waals surface area contributed by atoms with Crippen LogP contribution in [0.25, 0.3) is 0 Å². The highest BCUT2D eigenvalue weighted by Crippen LogP contribution is 2.36. The van der Waals surface area contributed by atoms with Crippen LogP contribution in [-0.2, 0) is 17.6 Å². The molecule has 0 spiro atoms. The van der Waals surface area contributed by atoms with Gasteiger partial charge in [0, 0.05) is 37.9 Å². The first-order valence-corrected chi connectivity index (χ1v) is 9.08. The van der Waals surface area contributed by atoms with Gasteiger partial charge in [-0.1, -0.05) is 18.2 Å². The van der Waals surface area contributed by atoms with Crippen molar-refractivity contribution in [1.82, 2.24) is 4.98 Å². The number of para-hydroxylation sites is 1. The minimum atomic E-state index is -1.22. The molecule has 0 amide bonds. The number of benzene rings is 1. The number of aromatic nitrogens is 1. The summed E-state index contributed by atoms with van der Waals surface area (Å²) in [4.78, 5) is 28.0. The minimum Gasteiger partial charge on any atom is -0.535 e. The third kappa shape index (κ3) is 4.68. The SMILES string of the molecule is NCCNc1ccc(CC(=O)C[C@H]2Cc3cccc(C(=O)O)c3OB2O)cn1. The highest BCUT2D eigenvalue weighted by Gasteiger charge is 2.37. The Kier molecular flexibility index (Phi) is 6.28. The van der Waals surface area contributed by atoms with Crippen LogP contribution in [0.3, 0.4) is 0 Å². The number of nitrogens with zero attached hydrogens (tertiary/aromatic N) is 1. The molecule has 0 saturated heterocycles. The molecule has 0 fully saturated rings. The van der Waals surface area contributed by atoms with E-state index < -0.39 is 18.9 Å². The van der Waals surface area contributed by atoms with E-state index in [4.69, 9.17) is 10.4 Å². The normalized spacial score (nSPS) is 15.5. The van der Waals surface area contributed by atoms with Gasteiger partial charge in [0.25, 0.3) is 0 Å². The van der Waals surface area contributed by atoms with E-state index in [1.807, 2.05) is 6.07 Å². The Hall–Kier alpha value is -2.91. The number of hydrogen-bond acceptors (Lipinski definition) is 7. The van der Waals surface area contributed by atoms with Crippen LogP contribution in [0.15, 0.2) is 36.5 Å². The first-order valence-electron chi connectivity index (χ1n) is 9.08. The zero-order chi connectivity index (χ0) is 20.1. The van der Waals surface area contributed by atoms with E-state index in [1.165, 1.54) is 6.07 Å². The molecule has 28 heavy (non-hydrogen) atoms. The number of nitrogens with one attached hydrogen (secondary N) is 1. The number of carbonyl (C=O) groups excluding carboxylic acids is 1. The van der Waals surface area contributed by atoms with Gasteiger partial charge in [-0.15, -0.1) is 0 Å². The van der Waals surface area contributed by atoms with Crippen LogP contribution in [0.5, 0.6) is 5.75 Å². The van der Waals surface area contributed by atoms with E-state index in [0.717, 1.165) is 5.56 Å². The summed E-state index contributed by atoms with van der Waals surface area (Å²) in [5.41, 5.74) is 6.90. The Bertz CT molecular complexity index is 859. The molecule has 0 saturated carbocycles. The fraction of sp³-hybridized carbons (Fsp3) is 0.316. The average molecular weight is 383 g/mol. The molecule has 1 aromatic heterocycles. The van der Waals surface area contributed by atoms with E-state index in [2.05, 4.69) is 10.3 Å². The Labute approximate surface area is 162 Å². The lowest BCUT2D eigenvalue weighted by molar-refractivity contribution is -0.118. The number of aromatic carboxylic acids is 1. The summed E-state index contributed by atoms with van der Waals surface area (Å²) in [5, 5.41) is 22.6. The number of carboxylic acid groups (broad SMARTS) is 1. The minimum absolute atomic E-state index is 0.00994. The van der Waals surface area contributed by atoms with Gasteiger partial charge < -0.3 is 25.8 Å². The van der Waals surface area contributed by atoms with Gasteiger partial charge in [-0.3, -0.25) is 4.79 Å². The summed E-state index contributed by atoms with van der Waals surface area (Å²) >= 11 is 0. The highest BCUT2D eigenvalue weighted by atomic mass is 16.5. The van der Waals surface area contributed by atoms with E-state index in [9.17, 15) is 19.7 Å². The van der Waals surface area contributed by atoms with Crippen LogP contribution in [0.2, 0.25) is 5.82 Å². The Balaban J connectivity index is 1.61. The second-order valence-corrected chi connectivity index (χ2v) is 6.76. The highest BCUT2D eigenvalue weighted by molar-refractivity contribution is 6.47. The van der Waals surface area contributed by atoms with Crippen molar-refractivity contribution in [3.63, 3.8) is 0 Å². The molecule has 0 bridgehead atoms. The molecule has 5 N–H and O–H groups in total. The van der Waals surface area contributed by atoms with Gasteiger partial charge in [0.1, 0.15) is 17.4 Å². The second kappa shape index (κ2) is 8.86. The van der Waals surface area contributed by atoms with Crippen molar-refractivity contribution in [2.75, 3.05) is 18.4 Å². The van der Waals surface area contributed by atoms with Gasteiger partial charge in [-0.05, 0) is 29.7 Å². The van der Waals surface area contributed by atoms with Crippen molar-refractivity contribution in [2.45, 2.75) is 25.1 Å². The smallest absolute Gasteiger partial charge is 0.526 e. The largest absolute Gasteiger partial charge is 0.535 e. The fourth-order valence-corrected chi connectivity index (χ4v) is 3.25. The van der Waals surface area contributed by atoms with Gasteiger partial charge in [0.05, 0.1) is 5.56 Å². The molecule has 0 radical (unpaired) electrons. The summed E-state index contributed by atoms with van der Waals surface area (Å²) in [7, 11) is -1.22. The zero-order valence-electron chi connectivity index (χ0n) is 15.3. The predicted molar refractivity (Wildman–Crippen MR) is 105 cm³/mol. The summed E-state index contributed by atoms with van der Waals surface area (Å²) < 4.78 is 5.43. The predicted octanol–water partition coefficient (Wildman–Crippen LogP) is 1.14. The first kappa shape index (κ1) is 19.8. The quantitative estimate of drug-likeness (QED) is 0.499. The standard InChI is InChI=1S/C19H22BN3O5/c21-6-7-22-17-5-4-12(11-23-17)8-15(24)10-14-9-13-2-1-3-16(19(25)26)18(13)28-20(14)27/h1-5,11,14,27H,6-10,21H2,(H,22,23)(H,25,26)/t14-/m1/s1. The van der Waals surface area contributed by atoms with Crippen LogP contribution in [-0.4, -0.2) is 47.1 Å². The summed E-state index contributed by atoms with van der Waals surface area (Å²) in [5.74, 6) is -0.715. The number of ketones is 1. The van der Waals surface area contributed by atoms with E-state index >= 15 is 0 Å². The number of Topliss-reactive ketones (excluding diaryl/α,β-unsaturated/α-hetero) is 1. The molecular weight excluding hydrogens is 361 g/mol. The molecule has 0 aliphatic carbocycles. The lowest BCUT2D eigenvalue weighted by Gasteiger charge is -2.28. The average Bonchev–Trinajstić information content (AvgIpc) is 2.67. The van der Waals surface area contributed by atoms with Gasteiger partial charge >= 0.3 is 13.1 Å². The maximum atomic E-state index is 12.4. The number of nitrogens with two attached hydrogens (primary N) is 1. The van der Waals surface area contributed by atoms with Gasteiger partial charge in [-0.25, -0.2) is 9.78 Å². The summed E-state index contributed by atoms with van der Waals surface area (Å²) in [6.45, 7) is 1.13. The van der Waals surface area contributed by atoms with Crippen LogP contribution >= 0.6 is 0 Å². The second-order valence-electron chi connectivity index (χ2n) is 6.76. The van der Waals surface area contributed by atoms with E-state index in [-0.39, 0.29) is 29.9 Å². The monoisotopic (exact) mass is 383 g/mol. The third-order valence-corrected chi connectivity index (χ3v) is 4.62. The van der Waals surface area contributed by atoms with Crippen LogP contribution in [0.1, 0.15) is 27.9 Å². The molecule has 1 atom stereocenters. The number of fused-ring (bicyclic) bond motifs is 1. The number of anilines is 1. The Morgan fingerprint density at radius 2 is 2.14 bits per heavy atom. The molecule has 1 aliphatic heterocycles. The van der Waals surface area contributed by atoms with E-state index in [0.29, 0.717) is 30.9 Å². The fourth-order valence-electron chi connectivity index (χ4n) is 3.25. The molecule has 0 unspecified atom stereocenters. The molecule has 9 heteroatoms. The number of carboxylic acids is 1. The first-order chi connectivity index (χ1) is 13.5. The molecule has 1 aromatic carbocycles. The molecule has 1 aliphatic rings. The summed E-state index contributed by atoms with van der Waals surface area (Å²) in [6.07, 6.45) is 2.35. The number of pyridine rings is 1. The third-order valence-electron chi connectivity index (χ3n) is 4.62. The Morgan fingerprint density at radius 3 is 2.82 bits per heavy atom. The maximum absolute atomic E-state index is 12.4. The van der Waals surface area contributed by atoms with Gasteiger partial charge in [0.15, 0.2) is 0 Å². The molecule has 2 heterocycles. The molecule has 146 valence electrons. The number of rotatable bonds is 8. The summed E-state index contributed by atoms with van der Waals surface area (Å²) in [6, 6.07) is 8.43. The Morgan fingerprint density at radius 1 is 1.32 bits per heavy atom. The number of carbonyl (C=O) groups is 2. The molecule has 2 aromatic rings. The van der Waals surface area contributed by atoms with Crippen molar-refractivity contribution < 1.29 is 24.4 Å². The topological polar surface area (TPSA) is 135 Å².